The van der Waals surface area contributed by atoms with Crippen LogP contribution >= 0.6 is 23.2 Å². The molecule has 20 heavy (non-hydrogen) atoms. The van der Waals surface area contributed by atoms with Crippen LogP contribution in [0.15, 0.2) is 17.0 Å². The quantitative estimate of drug-likeness (QED) is 0.775. The Hall–Kier alpha value is -0.860. The average molecular weight is 342 g/mol. The summed E-state index contributed by atoms with van der Waals surface area (Å²) < 4.78 is 24.0. The van der Waals surface area contributed by atoms with E-state index < -0.39 is 31.5 Å². The molecule has 0 saturated heterocycles. The highest BCUT2D eigenvalue weighted by Gasteiger charge is 2.24. The van der Waals surface area contributed by atoms with Crippen LogP contribution in [-0.4, -0.2) is 26.1 Å². The Balaban J connectivity index is 3.15. The molecule has 2 N–H and O–H groups in total. The lowest BCUT2D eigenvalue weighted by atomic mass is 10.2. The van der Waals surface area contributed by atoms with Crippen LogP contribution in [0, 0.1) is 5.92 Å². The normalized spacial score (nSPS) is 11.8. The Bertz CT molecular complexity index is 615. The lowest BCUT2D eigenvalue weighted by Gasteiger charge is -2.11. The molecule has 1 rings (SSSR count). The molecule has 112 valence electrons. The fourth-order valence-corrected chi connectivity index (χ4v) is 2.96. The van der Waals surface area contributed by atoms with Crippen LogP contribution in [0.1, 0.15) is 24.2 Å². The van der Waals surface area contributed by atoms with Crippen molar-refractivity contribution in [2.45, 2.75) is 18.7 Å². The zero-order chi connectivity index (χ0) is 15.5. The second-order valence-corrected chi connectivity index (χ2v) is 6.79. The number of nitrogens with one attached hydrogen (secondary N) is 1. The molecule has 0 spiro atoms. The first kappa shape index (κ1) is 17.2. The molecule has 1 aromatic rings. The van der Waals surface area contributed by atoms with Crippen molar-refractivity contribution in [3.8, 4) is 0 Å². The summed E-state index contributed by atoms with van der Waals surface area (Å²) in [5.41, 5.74) is -0.400. The minimum absolute atomic E-state index is 0.0592. The minimum atomic E-state index is -4.12. The van der Waals surface area contributed by atoms with Crippen molar-refractivity contribution in [2.24, 2.45) is 5.92 Å². The molecule has 0 aliphatic carbocycles. The summed E-state index contributed by atoms with van der Waals surface area (Å²) in [6.45, 7) is 3.83. The van der Waals surface area contributed by atoms with Crippen LogP contribution in [0.2, 0.25) is 10.0 Å². The smallest absolute Gasteiger partial charge is 0.337 e. The van der Waals surface area contributed by atoms with Crippen molar-refractivity contribution in [3.05, 3.63) is 27.7 Å². The van der Waals surface area contributed by atoms with Crippen molar-refractivity contribution in [3.63, 3.8) is 0 Å². The van der Waals surface area contributed by atoms with E-state index in [-0.39, 0.29) is 17.5 Å². The van der Waals surface area contributed by atoms with Crippen molar-refractivity contribution >= 4 is 39.2 Å². The number of halogens is 2. The number of hydrogen-bond acceptors (Lipinski definition) is 4. The first-order valence-corrected chi connectivity index (χ1v) is 7.75. The van der Waals surface area contributed by atoms with Gasteiger partial charge in [-0.3, -0.25) is 4.84 Å². The van der Waals surface area contributed by atoms with Gasteiger partial charge in [0.05, 0.1) is 17.2 Å². The molecule has 0 aliphatic rings. The van der Waals surface area contributed by atoms with E-state index in [0.29, 0.717) is 0 Å². The predicted molar refractivity (Wildman–Crippen MR) is 74.5 cm³/mol. The highest BCUT2D eigenvalue weighted by Crippen LogP contribution is 2.29. The van der Waals surface area contributed by atoms with Gasteiger partial charge in [0.25, 0.3) is 10.0 Å². The lowest BCUT2D eigenvalue weighted by Crippen LogP contribution is -2.26. The minimum Gasteiger partial charge on any atom is -0.478 e. The molecule has 0 fully saturated rings. The highest BCUT2D eigenvalue weighted by atomic mass is 35.5. The van der Waals surface area contributed by atoms with Gasteiger partial charge in [0.2, 0.25) is 0 Å². The van der Waals surface area contributed by atoms with E-state index in [2.05, 4.69) is 0 Å². The number of carboxylic acids is 1. The van der Waals surface area contributed by atoms with E-state index in [1.54, 1.807) is 0 Å². The van der Waals surface area contributed by atoms with E-state index >= 15 is 0 Å². The summed E-state index contributed by atoms with van der Waals surface area (Å²) in [6, 6.07) is 2.12. The van der Waals surface area contributed by atoms with Gasteiger partial charge < -0.3 is 5.11 Å². The molecular weight excluding hydrogens is 329 g/mol. The van der Waals surface area contributed by atoms with Crippen LogP contribution in [0.4, 0.5) is 0 Å². The van der Waals surface area contributed by atoms with Gasteiger partial charge in [-0.25, -0.2) is 13.2 Å². The number of rotatable bonds is 6. The van der Waals surface area contributed by atoms with Gasteiger partial charge in [-0.1, -0.05) is 41.9 Å². The van der Waals surface area contributed by atoms with Gasteiger partial charge in [-0.15, -0.1) is 0 Å². The highest BCUT2D eigenvalue weighted by molar-refractivity contribution is 7.89. The van der Waals surface area contributed by atoms with Gasteiger partial charge in [0.15, 0.2) is 0 Å². The first-order chi connectivity index (χ1) is 9.15. The Kier molecular flexibility index (Phi) is 5.79. The molecular formula is C11H13Cl2NO5S. The fourth-order valence-electron chi connectivity index (χ4n) is 1.24. The number of sulfonamides is 1. The third kappa shape index (κ3) is 4.32. The SMILES string of the molecule is CC(C)CONS(=O)(=O)c1cc(Cl)cc(C(=O)O)c1Cl. The van der Waals surface area contributed by atoms with E-state index in [4.69, 9.17) is 33.1 Å². The van der Waals surface area contributed by atoms with E-state index in [0.717, 1.165) is 12.1 Å². The third-order valence-electron chi connectivity index (χ3n) is 2.11. The summed E-state index contributed by atoms with van der Waals surface area (Å²) in [6.07, 6.45) is 0. The molecule has 6 nitrogen and oxygen atoms in total. The molecule has 1 aromatic carbocycles. The Labute approximate surface area is 126 Å². The number of carboxylic acid groups (broad SMARTS) is 1. The van der Waals surface area contributed by atoms with E-state index in [9.17, 15) is 13.2 Å². The largest absolute Gasteiger partial charge is 0.478 e. The summed E-state index contributed by atoms with van der Waals surface area (Å²) in [5.74, 6) is -1.26. The maximum Gasteiger partial charge on any atom is 0.337 e. The molecule has 0 atom stereocenters. The molecule has 0 saturated carbocycles. The molecule has 0 aliphatic heterocycles. The van der Waals surface area contributed by atoms with Crippen molar-refractivity contribution in [1.29, 1.82) is 0 Å². The van der Waals surface area contributed by atoms with Crippen molar-refractivity contribution < 1.29 is 23.2 Å². The number of hydrogen-bond donors (Lipinski definition) is 2. The molecule has 0 aromatic heterocycles. The van der Waals surface area contributed by atoms with Gasteiger partial charge >= 0.3 is 5.97 Å². The Morgan fingerprint density at radius 3 is 2.50 bits per heavy atom. The molecule has 0 radical (unpaired) electrons. The summed E-state index contributed by atoms with van der Waals surface area (Å²) in [7, 11) is -4.12. The second-order valence-electron chi connectivity index (χ2n) is 4.36. The number of aromatic carboxylic acids is 1. The molecule has 0 bridgehead atoms. The summed E-state index contributed by atoms with van der Waals surface area (Å²) in [5, 5.41) is 8.45. The van der Waals surface area contributed by atoms with Gasteiger partial charge in [-0.05, 0) is 18.1 Å². The Morgan fingerprint density at radius 2 is 2.00 bits per heavy atom. The topological polar surface area (TPSA) is 92.7 Å². The zero-order valence-corrected chi connectivity index (χ0v) is 13.0. The van der Waals surface area contributed by atoms with Crippen LogP contribution in [0.5, 0.6) is 0 Å². The van der Waals surface area contributed by atoms with Gasteiger partial charge in [0, 0.05) is 5.02 Å². The third-order valence-corrected chi connectivity index (χ3v) is 4.08. The van der Waals surface area contributed by atoms with Crippen molar-refractivity contribution in [2.75, 3.05) is 6.61 Å². The van der Waals surface area contributed by atoms with Gasteiger partial charge in [-0.2, -0.15) is 0 Å². The predicted octanol–water partition coefficient (Wildman–Crippen LogP) is 2.56. The molecule has 0 heterocycles. The first-order valence-electron chi connectivity index (χ1n) is 5.51. The maximum atomic E-state index is 12.0. The second kappa shape index (κ2) is 6.73. The van der Waals surface area contributed by atoms with Crippen LogP contribution in [0.25, 0.3) is 0 Å². The molecule has 0 unspecified atom stereocenters. The number of carbonyl (C=O) groups is 1. The van der Waals surface area contributed by atoms with E-state index in [1.807, 2.05) is 18.7 Å². The zero-order valence-electron chi connectivity index (χ0n) is 10.7. The summed E-state index contributed by atoms with van der Waals surface area (Å²) in [4.78, 5) is 17.2. The van der Waals surface area contributed by atoms with Crippen molar-refractivity contribution in [1.82, 2.24) is 4.89 Å². The maximum absolute atomic E-state index is 12.0. The number of benzene rings is 1. The monoisotopic (exact) mass is 341 g/mol. The molecule has 9 heteroatoms. The van der Waals surface area contributed by atoms with Crippen LogP contribution in [0.3, 0.4) is 0 Å². The average Bonchev–Trinajstić information content (AvgIpc) is 2.30. The van der Waals surface area contributed by atoms with Crippen LogP contribution in [-0.2, 0) is 14.9 Å². The van der Waals surface area contributed by atoms with Crippen LogP contribution < -0.4 is 4.89 Å². The lowest BCUT2D eigenvalue weighted by molar-refractivity contribution is 0.0696. The fraction of sp³-hybridized carbons (Fsp3) is 0.364. The summed E-state index contributed by atoms with van der Waals surface area (Å²) >= 11 is 11.5. The molecule has 0 amide bonds. The van der Waals surface area contributed by atoms with Gasteiger partial charge in [0.1, 0.15) is 4.90 Å². The standard InChI is InChI=1S/C11H13Cl2NO5S/c1-6(2)5-19-14-20(17,18)9-4-7(12)3-8(10(9)13)11(15)16/h3-4,6,14H,5H2,1-2H3,(H,15,16). The Morgan fingerprint density at radius 1 is 1.40 bits per heavy atom. The van der Waals surface area contributed by atoms with E-state index in [1.165, 1.54) is 0 Å².